The molecule has 3 heterocycles. The van der Waals surface area contributed by atoms with Crippen LogP contribution >= 0.6 is 0 Å². The van der Waals surface area contributed by atoms with Crippen LogP contribution < -0.4 is 21.5 Å². The van der Waals surface area contributed by atoms with Crippen LogP contribution in [0.5, 0.6) is 0 Å². The summed E-state index contributed by atoms with van der Waals surface area (Å²) in [5.41, 5.74) is 9.18. The van der Waals surface area contributed by atoms with Crippen molar-refractivity contribution in [2.45, 2.75) is 19.6 Å². The molecule has 2 aliphatic rings. The number of aromatic nitrogens is 2. The molecule has 94 valence electrons. The molecule has 4 N–H and O–H groups in total. The first-order chi connectivity index (χ1) is 8.83. The van der Waals surface area contributed by atoms with Crippen LogP contribution in [0.15, 0.2) is 28.8 Å². The Labute approximate surface area is 105 Å². The van der Waals surface area contributed by atoms with Crippen molar-refractivity contribution in [1.29, 1.82) is 0 Å². The third-order valence-corrected chi connectivity index (χ3v) is 2.85. The van der Waals surface area contributed by atoms with Crippen LogP contribution in [-0.4, -0.2) is 29.0 Å². The summed E-state index contributed by atoms with van der Waals surface area (Å²) in [5.74, 6) is 0.982. The van der Waals surface area contributed by atoms with Crippen molar-refractivity contribution in [3.8, 4) is 0 Å². The maximum atomic E-state index is 4.40. The van der Waals surface area contributed by atoms with E-state index in [1.165, 1.54) is 5.57 Å². The molecule has 0 bridgehead atoms. The molecule has 0 spiro atoms. The van der Waals surface area contributed by atoms with Gasteiger partial charge in [-0.05, 0) is 6.92 Å². The highest BCUT2D eigenvalue weighted by Crippen LogP contribution is 2.12. The molecule has 0 amide bonds. The van der Waals surface area contributed by atoms with Crippen molar-refractivity contribution in [2.75, 3.05) is 6.54 Å². The lowest BCUT2D eigenvalue weighted by atomic mass is 10.2. The normalized spacial score (nSPS) is 21.7. The first-order valence-corrected chi connectivity index (χ1v) is 5.84. The molecule has 1 fully saturated rings. The summed E-state index contributed by atoms with van der Waals surface area (Å²) in [6.45, 7) is 3.35. The van der Waals surface area contributed by atoms with Crippen molar-refractivity contribution in [3.63, 3.8) is 0 Å². The van der Waals surface area contributed by atoms with Gasteiger partial charge in [0, 0.05) is 18.3 Å². The Kier molecular flexibility index (Phi) is 2.91. The third-order valence-electron chi connectivity index (χ3n) is 2.85. The predicted molar refractivity (Wildman–Crippen MR) is 67.2 cm³/mol. The van der Waals surface area contributed by atoms with Crippen LogP contribution in [0.4, 0.5) is 0 Å². The van der Waals surface area contributed by atoms with Crippen molar-refractivity contribution in [3.05, 3.63) is 35.2 Å². The maximum absolute atomic E-state index is 4.40. The first-order valence-electron chi connectivity index (χ1n) is 5.84. The van der Waals surface area contributed by atoms with Crippen molar-refractivity contribution >= 4 is 6.34 Å². The van der Waals surface area contributed by atoms with Crippen molar-refractivity contribution in [1.82, 2.24) is 31.5 Å². The molecule has 1 saturated heterocycles. The van der Waals surface area contributed by atoms with Gasteiger partial charge in [0.05, 0.1) is 30.5 Å². The Bertz CT molecular complexity index is 508. The summed E-state index contributed by atoms with van der Waals surface area (Å²) in [4.78, 5) is 12.8. The lowest BCUT2D eigenvalue weighted by Crippen LogP contribution is -2.36. The molecule has 0 aliphatic carbocycles. The van der Waals surface area contributed by atoms with Crippen LogP contribution in [0.1, 0.15) is 11.4 Å². The van der Waals surface area contributed by atoms with E-state index in [-0.39, 0.29) is 6.17 Å². The molecule has 1 aromatic heterocycles. The Morgan fingerprint density at radius 1 is 1.44 bits per heavy atom. The SMILES string of the molecule is Cc1cncc(CNC2=C3CNNC3N=CN2)n1. The van der Waals surface area contributed by atoms with E-state index >= 15 is 0 Å². The van der Waals surface area contributed by atoms with Gasteiger partial charge in [-0.3, -0.25) is 20.4 Å². The van der Waals surface area contributed by atoms with Crippen LogP contribution in [-0.2, 0) is 6.54 Å². The first kappa shape index (κ1) is 11.1. The molecule has 1 unspecified atom stereocenters. The molecule has 0 radical (unpaired) electrons. The number of hydrogen-bond donors (Lipinski definition) is 4. The molecule has 1 atom stereocenters. The topological polar surface area (TPSA) is 86.3 Å². The van der Waals surface area contributed by atoms with E-state index in [0.717, 1.165) is 23.8 Å². The summed E-state index contributed by atoms with van der Waals surface area (Å²) in [6.07, 6.45) is 5.23. The summed E-state index contributed by atoms with van der Waals surface area (Å²) in [6, 6.07) is 0. The monoisotopic (exact) mass is 245 g/mol. The summed E-state index contributed by atoms with van der Waals surface area (Å²) >= 11 is 0. The second kappa shape index (κ2) is 4.71. The summed E-state index contributed by atoms with van der Waals surface area (Å²) in [5, 5.41) is 6.46. The van der Waals surface area contributed by atoms with Crippen LogP contribution in [0.2, 0.25) is 0 Å². The van der Waals surface area contributed by atoms with Gasteiger partial charge < -0.3 is 10.6 Å². The van der Waals surface area contributed by atoms with E-state index in [0.29, 0.717) is 6.54 Å². The molecule has 18 heavy (non-hydrogen) atoms. The fraction of sp³-hybridized carbons (Fsp3) is 0.364. The fourth-order valence-electron chi connectivity index (χ4n) is 1.99. The Morgan fingerprint density at radius 3 is 3.28 bits per heavy atom. The number of aryl methyl sites for hydroxylation is 1. The Hall–Kier alpha value is -1.99. The smallest absolute Gasteiger partial charge is 0.140 e. The fourth-order valence-corrected chi connectivity index (χ4v) is 1.99. The third kappa shape index (κ3) is 2.18. The summed E-state index contributed by atoms with van der Waals surface area (Å²) < 4.78 is 0. The van der Waals surface area contributed by atoms with Gasteiger partial charge >= 0.3 is 0 Å². The number of fused-ring (bicyclic) bond motifs is 1. The molecule has 7 nitrogen and oxygen atoms in total. The van der Waals surface area contributed by atoms with E-state index in [1.807, 2.05) is 6.92 Å². The minimum Gasteiger partial charge on any atom is -0.366 e. The van der Waals surface area contributed by atoms with E-state index in [1.54, 1.807) is 18.7 Å². The van der Waals surface area contributed by atoms with Gasteiger partial charge in [0.25, 0.3) is 0 Å². The molecule has 1 aromatic rings. The van der Waals surface area contributed by atoms with E-state index in [9.17, 15) is 0 Å². The second-order valence-corrected chi connectivity index (χ2v) is 4.23. The zero-order valence-corrected chi connectivity index (χ0v) is 10.1. The number of hydrazine groups is 1. The van der Waals surface area contributed by atoms with Gasteiger partial charge in [-0.2, -0.15) is 0 Å². The van der Waals surface area contributed by atoms with Gasteiger partial charge in [-0.1, -0.05) is 0 Å². The molecule has 0 saturated carbocycles. The van der Waals surface area contributed by atoms with Crippen molar-refractivity contribution < 1.29 is 0 Å². The van der Waals surface area contributed by atoms with Gasteiger partial charge in [0.15, 0.2) is 0 Å². The molecule has 2 aliphatic heterocycles. The lowest BCUT2D eigenvalue weighted by Gasteiger charge is -2.19. The van der Waals surface area contributed by atoms with Gasteiger partial charge in [-0.25, -0.2) is 5.43 Å². The number of hydrogen-bond acceptors (Lipinski definition) is 7. The zero-order chi connectivity index (χ0) is 12.4. The number of nitrogens with one attached hydrogen (secondary N) is 4. The average Bonchev–Trinajstić information content (AvgIpc) is 2.85. The zero-order valence-electron chi connectivity index (χ0n) is 10.1. The van der Waals surface area contributed by atoms with Gasteiger partial charge in [0.1, 0.15) is 12.0 Å². The number of nitrogens with zero attached hydrogens (tertiary/aromatic N) is 3. The molecule has 7 heteroatoms. The minimum absolute atomic E-state index is 0.0253. The quantitative estimate of drug-likeness (QED) is 0.555. The molecular weight excluding hydrogens is 230 g/mol. The molecular formula is C11H15N7. The standard InChI is InChI=1S/C11H15N7/c1-7-2-12-3-8(17-7)4-13-10-9-5-16-18-11(9)15-6-14-10/h2-3,6,11,13,16,18H,4-5H2,1H3,(H,14,15). The van der Waals surface area contributed by atoms with E-state index in [4.69, 9.17) is 0 Å². The lowest BCUT2D eigenvalue weighted by molar-refractivity contribution is 0.584. The van der Waals surface area contributed by atoms with E-state index in [2.05, 4.69) is 36.4 Å². The van der Waals surface area contributed by atoms with Crippen LogP contribution in [0.3, 0.4) is 0 Å². The highest BCUT2D eigenvalue weighted by Gasteiger charge is 2.24. The highest BCUT2D eigenvalue weighted by molar-refractivity contribution is 5.61. The minimum atomic E-state index is 0.0253. The van der Waals surface area contributed by atoms with Gasteiger partial charge in [0.2, 0.25) is 0 Å². The van der Waals surface area contributed by atoms with Crippen LogP contribution in [0.25, 0.3) is 0 Å². The summed E-state index contributed by atoms with van der Waals surface area (Å²) in [7, 11) is 0. The molecule has 3 rings (SSSR count). The highest BCUT2D eigenvalue weighted by atomic mass is 15.4. The van der Waals surface area contributed by atoms with Crippen LogP contribution in [0, 0.1) is 6.92 Å². The second-order valence-electron chi connectivity index (χ2n) is 4.23. The number of aliphatic imine (C=N–C) groups is 1. The molecule has 0 aromatic carbocycles. The Morgan fingerprint density at radius 2 is 2.39 bits per heavy atom. The average molecular weight is 245 g/mol. The Balaban J connectivity index is 1.70. The predicted octanol–water partition coefficient (Wildman–Crippen LogP) is -0.848. The number of rotatable bonds is 3. The largest absolute Gasteiger partial charge is 0.366 e. The van der Waals surface area contributed by atoms with Gasteiger partial charge in [-0.15, -0.1) is 0 Å². The van der Waals surface area contributed by atoms with E-state index < -0.39 is 0 Å². The maximum Gasteiger partial charge on any atom is 0.140 e. The van der Waals surface area contributed by atoms with Crippen molar-refractivity contribution in [2.24, 2.45) is 4.99 Å².